The normalized spacial score (nSPS) is 21.8. The Morgan fingerprint density at radius 2 is 2.29 bits per heavy atom. The smallest absolute Gasteiger partial charge is 0.241 e. The van der Waals surface area contributed by atoms with Crippen molar-refractivity contribution in [1.82, 2.24) is 5.32 Å². The number of β-amino-alcohol motifs (C(OH)–C–C–N with tert-alkyl or cyclic N) is 1. The second-order valence-corrected chi connectivity index (χ2v) is 7.35. The number of hydrogen-bond donors (Lipinski definition) is 3. The fourth-order valence-electron chi connectivity index (χ4n) is 2.37. The lowest BCUT2D eigenvalue weighted by atomic mass is 10.1. The van der Waals surface area contributed by atoms with Crippen LogP contribution >= 0.6 is 11.8 Å². The summed E-state index contributed by atoms with van der Waals surface area (Å²) in [4.78, 5) is 12.2. The van der Waals surface area contributed by atoms with E-state index < -0.39 is 6.10 Å². The molecule has 1 heterocycles. The van der Waals surface area contributed by atoms with Crippen LogP contribution in [-0.4, -0.2) is 35.0 Å². The number of benzene rings is 1. The minimum atomic E-state index is -0.421. The van der Waals surface area contributed by atoms with Gasteiger partial charge in [-0.1, -0.05) is 26.0 Å². The quantitative estimate of drug-likeness (QED) is 0.781. The molecule has 0 spiro atoms. The molecule has 0 aliphatic carbocycles. The van der Waals surface area contributed by atoms with Gasteiger partial charge in [0.15, 0.2) is 0 Å². The Kier molecular flexibility index (Phi) is 5.67. The number of anilines is 1. The average molecular weight is 308 g/mol. The maximum absolute atomic E-state index is 12.2. The molecule has 0 bridgehead atoms. The highest BCUT2D eigenvalue weighted by molar-refractivity contribution is 7.99. The van der Waals surface area contributed by atoms with Gasteiger partial charge >= 0.3 is 0 Å². The number of amides is 1. The Balaban J connectivity index is 2.02. The molecule has 21 heavy (non-hydrogen) atoms. The van der Waals surface area contributed by atoms with E-state index in [0.717, 1.165) is 17.0 Å². The van der Waals surface area contributed by atoms with Gasteiger partial charge in [-0.05, 0) is 35.8 Å². The molecule has 1 amide bonds. The number of thioether (sulfide) groups is 1. The standard InChI is InChI=1S/C16H24N2O2S/c1-10(2)21-9-12-5-4-6-14(11(12)3)18-16(20)15-7-13(19)8-17-15/h4-6,10,13,15,17,19H,7-9H2,1-3H3,(H,18,20). The molecule has 1 aliphatic rings. The Labute approximate surface area is 130 Å². The first-order chi connectivity index (χ1) is 9.97. The summed E-state index contributed by atoms with van der Waals surface area (Å²) < 4.78 is 0. The lowest BCUT2D eigenvalue weighted by Crippen LogP contribution is -2.35. The summed E-state index contributed by atoms with van der Waals surface area (Å²) in [6.07, 6.45) is 0.0592. The molecule has 2 atom stereocenters. The molecule has 0 saturated carbocycles. The fourth-order valence-corrected chi connectivity index (χ4v) is 3.19. The van der Waals surface area contributed by atoms with Crippen LogP contribution in [-0.2, 0) is 10.5 Å². The van der Waals surface area contributed by atoms with Crippen molar-refractivity contribution < 1.29 is 9.90 Å². The summed E-state index contributed by atoms with van der Waals surface area (Å²) in [5.74, 6) is 0.886. The van der Waals surface area contributed by atoms with Gasteiger partial charge in [0.05, 0.1) is 12.1 Å². The molecular weight excluding hydrogens is 284 g/mol. The van der Waals surface area contributed by atoms with E-state index in [0.29, 0.717) is 18.2 Å². The van der Waals surface area contributed by atoms with Crippen molar-refractivity contribution >= 4 is 23.4 Å². The third kappa shape index (κ3) is 4.46. The molecule has 0 aromatic heterocycles. The van der Waals surface area contributed by atoms with Gasteiger partial charge in [-0.25, -0.2) is 0 Å². The molecule has 1 aromatic rings. The zero-order valence-electron chi connectivity index (χ0n) is 12.8. The molecule has 4 nitrogen and oxygen atoms in total. The topological polar surface area (TPSA) is 61.4 Å². The predicted molar refractivity (Wildman–Crippen MR) is 88.7 cm³/mol. The van der Waals surface area contributed by atoms with Gasteiger partial charge in [0.25, 0.3) is 0 Å². The molecule has 116 valence electrons. The highest BCUT2D eigenvalue weighted by Crippen LogP contribution is 2.25. The number of hydrogen-bond acceptors (Lipinski definition) is 4. The van der Waals surface area contributed by atoms with Crippen LogP contribution < -0.4 is 10.6 Å². The zero-order chi connectivity index (χ0) is 15.4. The summed E-state index contributed by atoms with van der Waals surface area (Å²) in [7, 11) is 0. The van der Waals surface area contributed by atoms with Crippen molar-refractivity contribution in [2.75, 3.05) is 11.9 Å². The Bertz CT molecular complexity index is 505. The van der Waals surface area contributed by atoms with Gasteiger partial charge < -0.3 is 15.7 Å². The maximum Gasteiger partial charge on any atom is 0.241 e. The van der Waals surface area contributed by atoms with Crippen LogP contribution in [0.15, 0.2) is 18.2 Å². The predicted octanol–water partition coefficient (Wildman–Crippen LogP) is 2.30. The highest BCUT2D eigenvalue weighted by Gasteiger charge is 2.28. The van der Waals surface area contributed by atoms with Crippen molar-refractivity contribution in [2.24, 2.45) is 0 Å². The molecular formula is C16H24N2O2S. The maximum atomic E-state index is 12.2. The lowest BCUT2D eigenvalue weighted by molar-refractivity contribution is -0.117. The van der Waals surface area contributed by atoms with Crippen LogP contribution in [0.3, 0.4) is 0 Å². The van der Waals surface area contributed by atoms with Gasteiger partial charge in [-0.15, -0.1) is 0 Å². The van der Waals surface area contributed by atoms with Crippen LogP contribution in [0.1, 0.15) is 31.4 Å². The second kappa shape index (κ2) is 7.29. The van der Waals surface area contributed by atoms with Crippen LogP contribution in [0.25, 0.3) is 0 Å². The number of aliphatic hydroxyl groups is 1. The van der Waals surface area contributed by atoms with Crippen LogP contribution in [0, 0.1) is 6.92 Å². The molecule has 2 unspecified atom stereocenters. The van der Waals surface area contributed by atoms with Crippen molar-refractivity contribution in [3.63, 3.8) is 0 Å². The second-order valence-electron chi connectivity index (χ2n) is 5.79. The summed E-state index contributed by atoms with van der Waals surface area (Å²) in [5, 5.41) is 16.1. The number of carbonyl (C=O) groups is 1. The molecule has 2 rings (SSSR count). The van der Waals surface area contributed by atoms with Crippen LogP contribution in [0.4, 0.5) is 5.69 Å². The third-order valence-corrected chi connectivity index (χ3v) is 4.84. The van der Waals surface area contributed by atoms with E-state index in [9.17, 15) is 9.90 Å². The summed E-state index contributed by atoms with van der Waals surface area (Å²) in [6, 6.07) is 5.73. The molecule has 1 fully saturated rings. The minimum absolute atomic E-state index is 0.0664. The van der Waals surface area contributed by atoms with E-state index in [1.54, 1.807) is 0 Å². The van der Waals surface area contributed by atoms with Crippen molar-refractivity contribution in [3.8, 4) is 0 Å². The van der Waals surface area contributed by atoms with Crippen molar-refractivity contribution in [3.05, 3.63) is 29.3 Å². The molecule has 1 saturated heterocycles. The molecule has 5 heteroatoms. The Morgan fingerprint density at radius 1 is 1.52 bits per heavy atom. The number of nitrogens with one attached hydrogen (secondary N) is 2. The lowest BCUT2D eigenvalue weighted by Gasteiger charge is -2.15. The zero-order valence-corrected chi connectivity index (χ0v) is 13.7. The number of carbonyl (C=O) groups excluding carboxylic acids is 1. The van der Waals surface area contributed by atoms with Gasteiger partial charge in [0, 0.05) is 18.0 Å². The SMILES string of the molecule is Cc1c(CSC(C)C)cccc1NC(=O)C1CC(O)CN1. The van der Waals surface area contributed by atoms with Gasteiger partial charge in [-0.2, -0.15) is 11.8 Å². The van der Waals surface area contributed by atoms with Crippen molar-refractivity contribution in [1.29, 1.82) is 0 Å². The first-order valence-electron chi connectivity index (χ1n) is 7.39. The number of rotatable bonds is 5. The summed E-state index contributed by atoms with van der Waals surface area (Å²) in [5.41, 5.74) is 3.24. The highest BCUT2D eigenvalue weighted by atomic mass is 32.2. The van der Waals surface area contributed by atoms with Gasteiger partial charge in [-0.3, -0.25) is 4.79 Å². The molecule has 1 aromatic carbocycles. The summed E-state index contributed by atoms with van der Waals surface area (Å²) >= 11 is 1.89. The van der Waals surface area contributed by atoms with Crippen LogP contribution in [0.2, 0.25) is 0 Å². The van der Waals surface area contributed by atoms with E-state index >= 15 is 0 Å². The van der Waals surface area contributed by atoms with Crippen LogP contribution in [0.5, 0.6) is 0 Å². The van der Waals surface area contributed by atoms with Gasteiger partial charge in [0.2, 0.25) is 5.91 Å². The monoisotopic (exact) mass is 308 g/mol. The molecule has 0 radical (unpaired) electrons. The number of aliphatic hydroxyl groups excluding tert-OH is 1. The molecule has 3 N–H and O–H groups in total. The largest absolute Gasteiger partial charge is 0.392 e. The van der Waals surface area contributed by atoms with E-state index in [1.807, 2.05) is 30.8 Å². The Hall–Kier alpha value is -1.04. The third-order valence-electron chi connectivity index (χ3n) is 3.70. The van der Waals surface area contributed by atoms with Gasteiger partial charge in [0.1, 0.15) is 0 Å². The van der Waals surface area contributed by atoms with E-state index in [1.165, 1.54) is 5.56 Å². The van der Waals surface area contributed by atoms with Crippen molar-refractivity contribution in [2.45, 2.75) is 50.3 Å². The van der Waals surface area contributed by atoms with E-state index in [-0.39, 0.29) is 11.9 Å². The minimum Gasteiger partial charge on any atom is -0.392 e. The van der Waals surface area contributed by atoms with E-state index in [2.05, 4.69) is 30.5 Å². The first kappa shape index (κ1) is 16.3. The molecule has 1 aliphatic heterocycles. The summed E-state index contributed by atoms with van der Waals surface area (Å²) in [6.45, 7) is 6.90. The van der Waals surface area contributed by atoms with E-state index in [4.69, 9.17) is 0 Å². The first-order valence-corrected chi connectivity index (χ1v) is 8.44. The Morgan fingerprint density at radius 3 is 2.90 bits per heavy atom. The fraction of sp³-hybridized carbons (Fsp3) is 0.562. The average Bonchev–Trinajstić information content (AvgIpc) is 2.86.